The average Bonchev–Trinajstić information content (AvgIpc) is 2.75. The number of nitrogens with zero attached hydrogens (tertiary/aromatic N) is 3. The predicted octanol–water partition coefficient (Wildman–Crippen LogP) is 2.24. The lowest BCUT2D eigenvalue weighted by atomic mass is 10.1. The Kier molecular flexibility index (Phi) is 3.75. The Morgan fingerprint density at radius 3 is 2.67 bits per heavy atom. The molecule has 0 fully saturated rings. The highest BCUT2D eigenvalue weighted by molar-refractivity contribution is 7.51. The Balaban J connectivity index is 2.31. The molecule has 0 N–H and O–H groups in total. The second-order valence-electron chi connectivity index (χ2n) is 3.57. The maximum Gasteiger partial charge on any atom is 0.453 e. The fraction of sp³-hybridized carbons (Fsp3) is 0.500. The van der Waals surface area contributed by atoms with Gasteiger partial charge in [0.25, 0.3) is 0 Å². The molecule has 2 rings (SSSR count). The van der Waals surface area contributed by atoms with Gasteiger partial charge < -0.3 is 0 Å². The number of hydrogen-bond donors (Lipinski definition) is 0. The molecule has 1 aliphatic heterocycles. The van der Waals surface area contributed by atoms with E-state index in [4.69, 9.17) is 9.05 Å². The van der Waals surface area contributed by atoms with Crippen LogP contribution >= 0.6 is 7.75 Å². The molecule has 1 unspecified atom stereocenters. The molecule has 0 aromatic carbocycles. The van der Waals surface area contributed by atoms with E-state index in [0.717, 1.165) is 4.78 Å². The summed E-state index contributed by atoms with van der Waals surface area (Å²) in [5.41, 5.74) is 0.446. The lowest BCUT2D eigenvalue weighted by molar-refractivity contribution is -0.117. The van der Waals surface area contributed by atoms with Crippen LogP contribution in [0.1, 0.15) is 13.8 Å². The Labute approximate surface area is 105 Å². The van der Waals surface area contributed by atoms with Crippen molar-refractivity contribution in [1.82, 2.24) is 4.78 Å². The van der Waals surface area contributed by atoms with Crippen molar-refractivity contribution < 1.29 is 18.4 Å². The third kappa shape index (κ3) is 2.16. The minimum atomic E-state index is -3.62. The molecule has 0 saturated carbocycles. The van der Waals surface area contributed by atoms with E-state index in [9.17, 15) is 9.36 Å². The highest BCUT2D eigenvalue weighted by Gasteiger charge is 2.46. The number of carbonyl (C=O) groups excluding carboxylic acids is 1. The first kappa shape index (κ1) is 13.1. The second kappa shape index (κ2) is 5.14. The maximum atomic E-state index is 12.5. The molecule has 0 aromatic rings. The zero-order valence-electron chi connectivity index (χ0n) is 10.1. The van der Waals surface area contributed by atoms with E-state index in [0.29, 0.717) is 5.70 Å². The van der Waals surface area contributed by atoms with Gasteiger partial charge in [-0.3, -0.25) is 13.8 Å². The van der Waals surface area contributed by atoms with Gasteiger partial charge >= 0.3 is 7.75 Å². The summed E-state index contributed by atoms with van der Waals surface area (Å²) in [7, 11) is -3.62. The van der Waals surface area contributed by atoms with Gasteiger partial charge in [0, 0.05) is 0 Å². The van der Waals surface area contributed by atoms with Crippen molar-refractivity contribution in [2.45, 2.75) is 19.9 Å². The van der Waals surface area contributed by atoms with Crippen LogP contribution < -0.4 is 0 Å². The van der Waals surface area contributed by atoms with Gasteiger partial charge in [0.1, 0.15) is 0 Å². The van der Waals surface area contributed by atoms with Gasteiger partial charge in [0.05, 0.1) is 18.9 Å². The summed E-state index contributed by atoms with van der Waals surface area (Å²) in [6.07, 6.45) is 4.63. The molecule has 0 spiro atoms. The average molecular weight is 271 g/mol. The molecule has 8 heteroatoms. The minimum absolute atomic E-state index is 0.194. The number of rotatable bonds is 5. The zero-order valence-corrected chi connectivity index (χ0v) is 11.0. The molecule has 0 aromatic heterocycles. The molecule has 1 heterocycles. The lowest BCUT2D eigenvalue weighted by Crippen LogP contribution is -2.34. The van der Waals surface area contributed by atoms with Crippen LogP contribution in [0.2, 0.25) is 0 Å². The highest BCUT2D eigenvalue weighted by atomic mass is 31.2. The van der Waals surface area contributed by atoms with Crippen LogP contribution in [-0.2, 0) is 18.4 Å². The summed E-state index contributed by atoms with van der Waals surface area (Å²) in [6.45, 7) is 3.77. The fourth-order valence-electron chi connectivity index (χ4n) is 1.71. The standard InChI is InChI=1S/C10H14N3O4P/c1-3-16-18(15,17-4-2)13-10-8(11-12-13)6-5-7-9(10)14/h5-7,10H,3-4H2,1-2H3. The SMILES string of the molecule is CCOP(=O)(OCC)N1N=NC2=CC=CC(=O)C21. The molecule has 2 aliphatic rings. The fourth-order valence-corrected chi connectivity index (χ4v) is 3.33. The van der Waals surface area contributed by atoms with Crippen molar-refractivity contribution in [3.8, 4) is 0 Å². The monoisotopic (exact) mass is 271 g/mol. The number of carbonyl (C=O) groups is 1. The molecule has 1 atom stereocenters. The molecule has 0 saturated heterocycles. The quantitative estimate of drug-likeness (QED) is 0.716. The van der Waals surface area contributed by atoms with Gasteiger partial charge in [-0.1, -0.05) is 11.3 Å². The van der Waals surface area contributed by atoms with Gasteiger partial charge in [0.2, 0.25) is 0 Å². The van der Waals surface area contributed by atoms with Gasteiger partial charge in [-0.2, -0.15) is 4.78 Å². The summed E-state index contributed by atoms with van der Waals surface area (Å²) >= 11 is 0. The third-order valence-corrected chi connectivity index (χ3v) is 4.38. The predicted molar refractivity (Wildman–Crippen MR) is 63.6 cm³/mol. The highest BCUT2D eigenvalue weighted by Crippen LogP contribution is 2.56. The van der Waals surface area contributed by atoms with Crippen LogP contribution in [0, 0.1) is 0 Å². The Morgan fingerprint density at radius 1 is 1.39 bits per heavy atom. The normalized spacial score (nSPS) is 22.3. The molecule has 0 bridgehead atoms. The van der Waals surface area contributed by atoms with E-state index in [-0.39, 0.29) is 19.0 Å². The number of allylic oxidation sites excluding steroid dienone is 2. The molecule has 1 aliphatic carbocycles. The summed E-state index contributed by atoms with van der Waals surface area (Å²) < 4.78 is 23.9. The molecule has 0 radical (unpaired) electrons. The Hall–Kier alpha value is -1.30. The van der Waals surface area contributed by atoms with E-state index >= 15 is 0 Å². The topological polar surface area (TPSA) is 80.6 Å². The van der Waals surface area contributed by atoms with Gasteiger partial charge in [-0.25, -0.2) is 4.57 Å². The van der Waals surface area contributed by atoms with Crippen molar-refractivity contribution in [1.29, 1.82) is 0 Å². The first-order valence-electron chi connectivity index (χ1n) is 5.65. The van der Waals surface area contributed by atoms with Crippen LogP contribution in [-0.4, -0.2) is 29.8 Å². The number of ketones is 1. The van der Waals surface area contributed by atoms with Crippen molar-refractivity contribution in [2.75, 3.05) is 13.2 Å². The molecule has 18 heavy (non-hydrogen) atoms. The Bertz CT molecular complexity index is 476. The van der Waals surface area contributed by atoms with Crippen molar-refractivity contribution >= 4 is 13.5 Å². The van der Waals surface area contributed by atoms with Crippen LogP contribution in [0.5, 0.6) is 0 Å². The van der Waals surface area contributed by atoms with E-state index in [2.05, 4.69) is 10.3 Å². The molecular weight excluding hydrogens is 257 g/mol. The first-order chi connectivity index (χ1) is 8.62. The van der Waals surface area contributed by atoms with E-state index in [1.165, 1.54) is 6.08 Å². The Morgan fingerprint density at radius 2 is 2.06 bits per heavy atom. The van der Waals surface area contributed by atoms with Crippen molar-refractivity contribution in [3.05, 3.63) is 23.9 Å². The van der Waals surface area contributed by atoms with Gasteiger partial charge in [-0.15, -0.1) is 5.11 Å². The van der Waals surface area contributed by atoms with Crippen LogP contribution in [0.25, 0.3) is 0 Å². The minimum Gasteiger partial charge on any atom is -0.292 e. The lowest BCUT2D eigenvalue weighted by Gasteiger charge is -2.27. The molecular formula is C10H14N3O4P. The smallest absolute Gasteiger partial charge is 0.292 e. The zero-order chi connectivity index (χ0) is 13.2. The van der Waals surface area contributed by atoms with Gasteiger partial charge in [0.15, 0.2) is 11.8 Å². The van der Waals surface area contributed by atoms with E-state index < -0.39 is 13.8 Å². The largest absolute Gasteiger partial charge is 0.453 e. The third-order valence-electron chi connectivity index (χ3n) is 2.40. The maximum absolute atomic E-state index is 12.5. The van der Waals surface area contributed by atoms with Crippen molar-refractivity contribution in [2.24, 2.45) is 10.3 Å². The summed E-state index contributed by atoms with van der Waals surface area (Å²) in [6, 6.07) is -0.807. The van der Waals surface area contributed by atoms with Gasteiger partial charge in [-0.05, 0) is 26.0 Å². The number of hydrogen-bond acceptors (Lipinski definition) is 6. The van der Waals surface area contributed by atoms with Crippen molar-refractivity contribution in [3.63, 3.8) is 0 Å². The van der Waals surface area contributed by atoms with E-state index in [1.807, 2.05) is 0 Å². The van der Waals surface area contributed by atoms with Crippen LogP contribution in [0.15, 0.2) is 34.3 Å². The molecule has 7 nitrogen and oxygen atoms in total. The summed E-state index contributed by atoms with van der Waals surface area (Å²) in [5, 5.41) is 7.58. The molecule has 98 valence electrons. The first-order valence-corrected chi connectivity index (χ1v) is 7.14. The summed E-state index contributed by atoms with van der Waals surface area (Å²) in [5.74, 6) is -0.239. The van der Waals surface area contributed by atoms with E-state index in [1.54, 1.807) is 26.0 Å². The summed E-state index contributed by atoms with van der Waals surface area (Å²) in [4.78, 5) is 11.8. The molecule has 0 amide bonds. The van der Waals surface area contributed by atoms with Crippen LogP contribution in [0.4, 0.5) is 0 Å². The van der Waals surface area contributed by atoms with Crippen LogP contribution in [0.3, 0.4) is 0 Å². The second-order valence-corrected chi connectivity index (χ2v) is 5.43. The number of fused-ring (bicyclic) bond motifs is 1.